The Morgan fingerprint density at radius 3 is 2.18 bits per heavy atom. The third kappa shape index (κ3) is 6.70. The molecular weight excluding hydrogens is 278 g/mol. The predicted octanol–water partition coefficient (Wildman–Crippen LogP) is 3.42. The summed E-state index contributed by atoms with van der Waals surface area (Å²) in [7, 11) is 3.75. The Labute approximate surface area is 133 Å². The van der Waals surface area contributed by atoms with Gasteiger partial charge in [0.15, 0.2) is 12.1 Å². The van der Waals surface area contributed by atoms with Gasteiger partial charge in [-0.25, -0.2) is 0 Å². The maximum atomic E-state index is 11.6. The first kappa shape index (κ1) is 18.1. The Hall–Kier alpha value is -1.91. The lowest BCUT2D eigenvalue weighted by molar-refractivity contribution is -0.140. The van der Waals surface area contributed by atoms with Crippen LogP contribution in [0.4, 0.5) is 0 Å². The van der Waals surface area contributed by atoms with Crippen LogP contribution in [0.25, 0.3) is 6.08 Å². The molecule has 4 nitrogen and oxygen atoms in total. The molecule has 0 fully saturated rings. The van der Waals surface area contributed by atoms with Crippen molar-refractivity contribution in [2.75, 3.05) is 27.3 Å². The van der Waals surface area contributed by atoms with E-state index >= 15 is 0 Å². The predicted molar refractivity (Wildman–Crippen MR) is 89.3 cm³/mol. The summed E-state index contributed by atoms with van der Waals surface area (Å²) in [6, 6.07) is 7.80. The average Bonchev–Trinajstić information content (AvgIpc) is 2.51. The number of ether oxygens (including phenoxy) is 2. The smallest absolute Gasteiger partial charge is 0.183 e. The summed E-state index contributed by atoms with van der Waals surface area (Å²) in [5, 5.41) is 0. The van der Waals surface area contributed by atoms with Crippen LogP contribution in [0.15, 0.2) is 42.6 Å². The van der Waals surface area contributed by atoms with Crippen LogP contribution in [0.5, 0.6) is 0 Å². The van der Waals surface area contributed by atoms with E-state index in [-0.39, 0.29) is 12.1 Å². The summed E-state index contributed by atoms with van der Waals surface area (Å²) in [6.07, 6.45) is 6.27. The van der Waals surface area contributed by atoms with E-state index in [1.54, 1.807) is 18.4 Å². The van der Waals surface area contributed by atoms with Gasteiger partial charge in [-0.2, -0.15) is 0 Å². The summed E-state index contributed by atoms with van der Waals surface area (Å²) in [4.78, 5) is 13.4. The number of nitrogens with zero attached hydrogens (tertiary/aromatic N) is 1. The minimum Gasteiger partial charge on any atom is -0.383 e. The van der Waals surface area contributed by atoms with Crippen LogP contribution in [-0.4, -0.2) is 38.0 Å². The highest BCUT2D eigenvalue weighted by atomic mass is 16.7. The topological polar surface area (TPSA) is 38.8 Å². The number of rotatable bonds is 9. The normalized spacial score (nSPS) is 11.7. The van der Waals surface area contributed by atoms with Crippen molar-refractivity contribution in [1.82, 2.24) is 4.90 Å². The molecule has 0 saturated heterocycles. The van der Waals surface area contributed by atoms with Crippen LogP contribution in [0.1, 0.15) is 31.3 Å². The second-order valence-electron chi connectivity index (χ2n) is 4.92. The summed E-state index contributed by atoms with van der Waals surface area (Å²) < 4.78 is 11.1. The number of carbonyl (C=O) groups is 1. The number of carbonyl (C=O) groups excluding carboxylic acids is 1. The molecule has 1 rings (SSSR count). The van der Waals surface area contributed by atoms with E-state index in [1.165, 1.54) is 6.08 Å². The van der Waals surface area contributed by atoms with Crippen molar-refractivity contribution in [3.8, 4) is 0 Å². The van der Waals surface area contributed by atoms with Crippen LogP contribution < -0.4 is 0 Å². The van der Waals surface area contributed by atoms with Gasteiger partial charge in [0.25, 0.3) is 0 Å². The highest BCUT2D eigenvalue weighted by Crippen LogP contribution is 2.19. The summed E-state index contributed by atoms with van der Waals surface area (Å²) in [6.45, 7) is 5.07. The van der Waals surface area contributed by atoms with Gasteiger partial charge >= 0.3 is 0 Å². The summed E-state index contributed by atoms with van der Waals surface area (Å²) in [5.41, 5.74) is 1.93. The fourth-order valence-corrected chi connectivity index (χ4v) is 1.76. The molecule has 0 heterocycles. The number of allylic oxidation sites excluding steroid dienone is 2. The standard InChI is InChI=1S/C18H25NO3/c1-5-21-18(22-6-2)16-10-7-15(8-11-16)9-12-17(20)13-14-19(3)4/h7-14,18H,5-6H2,1-4H3. The van der Waals surface area contributed by atoms with Crippen molar-refractivity contribution < 1.29 is 14.3 Å². The third-order valence-corrected chi connectivity index (χ3v) is 2.82. The van der Waals surface area contributed by atoms with Gasteiger partial charge in [0.1, 0.15) is 0 Å². The zero-order valence-corrected chi connectivity index (χ0v) is 13.8. The monoisotopic (exact) mass is 303 g/mol. The Balaban J connectivity index is 2.69. The largest absolute Gasteiger partial charge is 0.383 e. The fraction of sp³-hybridized carbons (Fsp3) is 0.389. The van der Waals surface area contributed by atoms with Crippen molar-refractivity contribution in [2.24, 2.45) is 0 Å². The molecule has 4 heteroatoms. The molecule has 22 heavy (non-hydrogen) atoms. The van der Waals surface area contributed by atoms with E-state index in [2.05, 4.69) is 0 Å². The molecule has 0 amide bonds. The molecule has 1 aromatic rings. The second kappa shape index (κ2) is 9.92. The van der Waals surface area contributed by atoms with Gasteiger partial charge in [0.05, 0.1) is 0 Å². The van der Waals surface area contributed by atoms with Crippen molar-refractivity contribution in [3.05, 3.63) is 53.7 Å². The van der Waals surface area contributed by atoms with Gasteiger partial charge in [-0.3, -0.25) is 4.79 Å². The van der Waals surface area contributed by atoms with Gasteiger partial charge in [-0.1, -0.05) is 30.3 Å². The Kier molecular flexibility index (Phi) is 8.18. The van der Waals surface area contributed by atoms with Crippen LogP contribution in [-0.2, 0) is 14.3 Å². The van der Waals surface area contributed by atoms with Crippen molar-refractivity contribution >= 4 is 11.9 Å². The molecule has 0 unspecified atom stereocenters. The Bertz CT molecular complexity index is 498. The van der Waals surface area contributed by atoms with Crippen molar-refractivity contribution in [3.63, 3.8) is 0 Å². The first-order valence-corrected chi connectivity index (χ1v) is 7.46. The Morgan fingerprint density at radius 2 is 1.68 bits per heavy atom. The molecule has 0 N–H and O–H groups in total. The van der Waals surface area contributed by atoms with Gasteiger partial charge in [-0.15, -0.1) is 0 Å². The average molecular weight is 303 g/mol. The number of hydrogen-bond acceptors (Lipinski definition) is 4. The lowest BCUT2D eigenvalue weighted by Gasteiger charge is -2.17. The lowest BCUT2D eigenvalue weighted by atomic mass is 10.1. The summed E-state index contributed by atoms with van der Waals surface area (Å²) >= 11 is 0. The zero-order valence-electron chi connectivity index (χ0n) is 13.8. The maximum absolute atomic E-state index is 11.6. The SMILES string of the molecule is CCOC(OCC)c1ccc(C=CC(=O)C=CN(C)C)cc1. The van der Waals surface area contributed by atoms with Crippen LogP contribution >= 0.6 is 0 Å². The first-order valence-electron chi connectivity index (χ1n) is 7.46. The lowest BCUT2D eigenvalue weighted by Crippen LogP contribution is -2.08. The van der Waals surface area contributed by atoms with Crippen molar-refractivity contribution in [2.45, 2.75) is 20.1 Å². The minimum atomic E-state index is -0.335. The van der Waals surface area contributed by atoms with Crippen molar-refractivity contribution in [1.29, 1.82) is 0 Å². The van der Waals surface area contributed by atoms with E-state index in [4.69, 9.17) is 9.47 Å². The van der Waals surface area contributed by atoms with Crippen LogP contribution in [0.3, 0.4) is 0 Å². The van der Waals surface area contributed by atoms with E-state index in [0.717, 1.165) is 11.1 Å². The molecule has 0 aliphatic carbocycles. The van der Waals surface area contributed by atoms with Gasteiger partial charge in [0, 0.05) is 45.1 Å². The van der Waals surface area contributed by atoms with E-state index in [9.17, 15) is 4.79 Å². The number of ketones is 1. The van der Waals surface area contributed by atoms with Crippen LogP contribution in [0.2, 0.25) is 0 Å². The molecule has 0 saturated carbocycles. The summed E-state index contributed by atoms with van der Waals surface area (Å²) in [5.74, 6) is -0.0423. The second-order valence-corrected chi connectivity index (χ2v) is 4.92. The van der Waals surface area contributed by atoms with Gasteiger partial charge in [-0.05, 0) is 25.5 Å². The third-order valence-electron chi connectivity index (χ3n) is 2.82. The molecule has 0 radical (unpaired) electrons. The quantitative estimate of drug-likeness (QED) is 0.517. The molecule has 1 aromatic carbocycles. The number of hydrogen-bond donors (Lipinski definition) is 0. The van der Waals surface area contributed by atoms with Gasteiger partial charge < -0.3 is 14.4 Å². The van der Waals surface area contributed by atoms with E-state index < -0.39 is 0 Å². The zero-order chi connectivity index (χ0) is 16.4. The molecule has 0 bridgehead atoms. The van der Waals surface area contributed by atoms with Gasteiger partial charge in [0.2, 0.25) is 0 Å². The number of benzene rings is 1. The molecule has 120 valence electrons. The minimum absolute atomic E-state index is 0.0423. The molecule has 0 aliphatic heterocycles. The maximum Gasteiger partial charge on any atom is 0.183 e. The highest BCUT2D eigenvalue weighted by Gasteiger charge is 2.10. The highest BCUT2D eigenvalue weighted by molar-refractivity contribution is 6.01. The van der Waals surface area contributed by atoms with Crippen LogP contribution in [0, 0.1) is 0 Å². The molecule has 0 spiro atoms. The van der Waals surface area contributed by atoms with E-state index in [1.807, 2.05) is 57.1 Å². The molecule has 0 aliphatic rings. The molecular formula is C18H25NO3. The van der Waals surface area contributed by atoms with E-state index in [0.29, 0.717) is 13.2 Å². The Morgan fingerprint density at radius 1 is 1.09 bits per heavy atom. The molecule has 0 atom stereocenters. The molecule has 0 aromatic heterocycles. The fourth-order valence-electron chi connectivity index (χ4n) is 1.76. The first-order chi connectivity index (χ1) is 10.6.